The number of carbonyl (C=O) groups excluding carboxylic acids is 1. The van der Waals surface area contributed by atoms with Crippen molar-refractivity contribution in [2.24, 2.45) is 17.8 Å². The molecule has 0 bridgehead atoms. The second kappa shape index (κ2) is 4.55. The Kier molecular flexibility index (Phi) is 3.43. The first-order valence-corrected chi connectivity index (χ1v) is 7.63. The summed E-state index contributed by atoms with van der Waals surface area (Å²) in [5, 5.41) is 0. The number of nitrogens with zero attached hydrogens (tertiary/aromatic N) is 1. The van der Waals surface area contributed by atoms with Crippen molar-refractivity contribution in [3.8, 4) is 0 Å². The molecule has 0 aromatic carbocycles. The molecule has 0 aromatic rings. The lowest BCUT2D eigenvalue weighted by atomic mass is 9.99. The molecule has 98 valence electrons. The van der Waals surface area contributed by atoms with E-state index in [0.717, 1.165) is 12.8 Å². The molecule has 17 heavy (non-hydrogen) atoms. The van der Waals surface area contributed by atoms with Crippen molar-refractivity contribution >= 4 is 16.1 Å². The van der Waals surface area contributed by atoms with Crippen molar-refractivity contribution in [2.75, 3.05) is 18.8 Å². The van der Waals surface area contributed by atoms with Gasteiger partial charge in [-0.2, -0.15) is 8.42 Å². The molecule has 0 radical (unpaired) electrons. The Bertz CT molecular complexity index is 409. The molecule has 1 amide bonds. The molecule has 1 aliphatic heterocycles. The van der Waals surface area contributed by atoms with Crippen LogP contribution in [0.25, 0.3) is 0 Å². The Morgan fingerprint density at radius 3 is 2.65 bits per heavy atom. The zero-order chi connectivity index (χ0) is 12.6. The molecule has 1 saturated carbocycles. The Morgan fingerprint density at radius 2 is 2.12 bits per heavy atom. The van der Waals surface area contributed by atoms with Crippen LogP contribution in [0.4, 0.5) is 3.89 Å². The van der Waals surface area contributed by atoms with Gasteiger partial charge in [-0.1, -0.05) is 6.92 Å². The number of likely N-dealkylation sites (tertiary alicyclic amines) is 1. The lowest BCUT2D eigenvalue weighted by molar-refractivity contribution is -0.134. The average Bonchev–Trinajstić information content (AvgIpc) is 2.92. The fourth-order valence-electron chi connectivity index (χ4n) is 2.58. The number of rotatable bonds is 3. The van der Waals surface area contributed by atoms with E-state index in [1.165, 1.54) is 0 Å². The van der Waals surface area contributed by atoms with Crippen molar-refractivity contribution < 1.29 is 17.1 Å². The highest BCUT2D eigenvalue weighted by Gasteiger charge is 2.42. The average molecular weight is 263 g/mol. The van der Waals surface area contributed by atoms with Gasteiger partial charge in [-0.15, -0.1) is 3.89 Å². The third kappa shape index (κ3) is 3.40. The molecule has 0 aromatic heterocycles. The number of hydrogen-bond acceptors (Lipinski definition) is 3. The van der Waals surface area contributed by atoms with E-state index in [1.807, 2.05) is 6.92 Å². The minimum Gasteiger partial charge on any atom is -0.342 e. The van der Waals surface area contributed by atoms with Gasteiger partial charge >= 0.3 is 10.2 Å². The van der Waals surface area contributed by atoms with Gasteiger partial charge in [0.1, 0.15) is 0 Å². The lowest BCUT2D eigenvalue weighted by Crippen LogP contribution is -2.42. The van der Waals surface area contributed by atoms with Crippen molar-refractivity contribution in [2.45, 2.75) is 26.2 Å². The monoisotopic (exact) mass is 263 g/mol. The fourth-order valence-corrected chi connectivity index (χ4v) is 3.42. The van der Waals surface area contributed by atoms with Gasteiger partial charge in [-0.05, 0) is 31.1 Å². The first-order chi connectivity index (χ1) is 7.87. The first-order valence-electron chi connectivity index (χ1n) is 6.08. The molecule has 2 rings (SSSR count). The van der Waals surface area contributed by atoms with Crippen LogP contribution in [0, 0.1) is 17.8 Å². The summed E-state index contributed by atoms with van der Waals surface area (Å²) in [5.74, 6) is 0.00974. The van der Waals surface area contributed by atoms with Crippen LogP contribution in [0.3, 0.4) is 0 Å². The lowest BCUT2D eigenvalue weighted by Gasteiger charge is -2.32. The summed E-state index contributed by atoms with van der Waals surface area (Å²) < 4.78 is 33.8. The molecule has 1 heterocycles. The predicted molar refractivity (Wildman–Crippen MR) is 61.5 cm³/mol. The Morgan fingerprint density at radius 1 is 1.47 bits per heavy atom. The Balaban J connectivity index is 1.90. The minimum absolute atomic E-state index is 0.121. The summed E-state index contributed by atoms with van der Waals surface area (Å²) in [6.45, 7) is 3.12. The van der Waals surface area contributed by atoms with E-state index in [4.69, 9.17) is 0 Å². The molecule has 1 aliphatic carbocycles. The van der Waals surface area contributed by atoms with Crippen molar-refractivity contribution in [1.29, 1.82) is 0 Å². The maximum absolute atomic E-state index is 12.6. The van der Waals surface area contributed by atoms with Gasteiger partial charge < -0.3 is 4.90 Å². The highest BCUT2D eigenvalue weighted by molar-refractivity contribution is 7.86. The molecular formula is C11H18FNO3S. The topological polar surface area (TPSA) is 54.5 Å². The number of hydrogen-bond donors (Lipinski definition) is 0. The maximum Gasteiger partial charge on any atom is 0.302 e. The maximum atomic E-state index is 12.6. The van der Waals surface area contributed by atoms with E-state index in [1.54, 1.807) is 4.90 Å². The largest absolute Gasteiger partial charge is 0.342 e. The highest BCUT2D eigenvalue weighted by Crippen LogP contribution is 2.39. The van der Waals surface area contributed by atoms with Crippen molar-refractivity contribution in [3.63, 3.8) is 0 Å². The van der Waals surface area contributed by atoms with Gasteiger partial charge in [-0.25, -0.2) is 0 Å². The summed E-state index contributed by atoms with van der Waals surface area (Å²) in [6.07, 6.45) is 2.39. The zero-order valence-electron chi connectivity index (χ0n) is 9.93. The molecule has 0 unspecified atom stereocenters. The van der Waals surface area contributed by atoms with Crippen LogP contribution in [0.1, 0.15) is 26.2 Å². The fraction of sp³-hybridized carbons (Fsp3) is 0.909. The van der Waals surface area contributed by atoms with Gasteiger partial charge in [0.25, 0.3) is 0 Å². The van der Waals surface area contributed by atoms with E-state index < -0.39 is 16.0 Å². The molecule has 2 fully saturated rings. The van der Waals surface area contributed by atoms with Crippen LogP contribution in [0.15, 0.2) is 0 Å². The highest BCUT2D eigenvalue weighted by atomic mass is 32.3. The SMILES string of the molecule is C[C@@H]1C[C@@H]1C(=O)N1CCC[C@H](CS(=O)(=O)F)C1. The quantitative estimate of drug-likeness (QED) is 0.718. The predicted octanol–water partition coefficient (Wildman–Crippen LogP) is 1.18. The summed E-state index contributed by atoms with van der Waals surface area (Å²) in [7, 11) is -4.43. The Hall–Kier alpha value is -0.650. The number of carbonyl (C=O) groups is 1. The van der Waals surface area contributed by atoms with E-state index in [9.17, 15) is 17.1 Å². The molecule has 0 spiro atoms. The van der Waals surface area contributed by atoms with Gasteiger partial charge in [0.15, 0.2) is 0 Å². The number of halogens is 1. The van der Waals surface area contributed by atoms with Crippen molar-refractivity contribution in [3.05, 3.63) is 0 Å². The molecule has 6 heteroatoms. The zero-order valence-corrected chi connectivity index (χ0v) is 10.7. The van der Waals surface area contributed by atoms with E-state index >= 15 is 0 Å². The van der Waals surface area contributed by atoms with Gasteiger partial charge in [0.2, 0.25) is 5.91 Å². The van der Waals surface area contributed by atoms with Crippen LogP contribution < -0.4 is 0 Å². The standard InChI is InChI=1S/C11H18FNO3S/c1-8-5-10(8)11(14)13-4-2-3-9(6-13)7-17(12,15)16/h8-10H,2-7H2,1H3/t8-,9+,10+/m1/s1. The summed E-state index contributed by atoms with van der Waals surface area (Å²) in [5.41, 5.74) is 0. The van der Waals surface area contributed by atoms with E-state index in [-0.39, 0.29) is 17.7 Å². The smallest absolute Gasteiger partial charge is 0.302 e. The minimum atomic E-state index is -4.43. The Labute approximate surface area is 101 Å². The molecular weight excluding hydrogens is 245 g/mol. The third-order valence-corrected chi connectivity index (χ3v) is 4.56. The normalized spacial score (nSPS) is 33.5. The van der Waals surface area contributed by atoms with Gasteiger partial charge in [0, 0.05) is 19.0 Å². The van der Waals surface area contributed by atoms with Crippen molar-refractivity contribution in [1.82, 2.24) is 4.90 Å². The molecule has 2 aliphatic rings. The van der Waals surface area contributed by atoms with Crippen LogP contribution in [0.5, 0.6) is 0 Å². The van der Waals surface area contributed by atoms with Crippen LogP contribution in [-0.4, -0.2) is 38.1 Å². The molecule has 1 saturated heterocycles. The van der Waals surface area contributed by atoms with Crippen LogP contribution in [-0.2, 0) is 15.0 Å². The third-order valence-electron chi connectivity index (χ3n) is 3.69. The van der Waals surface area contributed by atoms with E-state index in [0.29, 0.717) is 25.4 Å². The van der Waals surface area contributed by atoms with Gasteiger partial charge in [0.05, 0.1) is 5.75 Å². The summed E-state index contributed by atoms with van der Waals surface area (Å²) in [4.78, 5) is 13.7. The molecule has 3 atom stereocenters. The van der Waals surface area contributed by atoms with Gasteiger partial charge in [-0.3, -0.25) is 4.79 Å². The second-order valence-corrected chi connectivity index (χ2v) is 6.73. The summed E-state index contributed by atoms with van der Waals surface area (Å²) >= 11 is 0. The van der Waals surface area contributed by atoms with Crippen LogP contribution >= 0.6 is 0 Å². The molecule has 4 nitrogen and oxygen atoms in total. The number of piperidine rings is 1. The van der Waals surface area contributed by atoms with E-state index in [2.05, 4.69) is 0 Å². The number of amides is 1. The summed E-state index contributed by atoms with van der Waals surface area (Å²) in [6, 6.07) is 0. The first kappa shape index (κ1) is 12.8. The molecule has 0 N–H and O–H groups in total. The second-order valence-electron chi connectivity index (χ2n) is 5.32. The van der Waals surface area contributed by atoms with Crippen LogP contribution in [0.2, 0.25) is 0 Å².